The molecule has 0 unspecified atom stereocenters. The zero-order valence-electron chi connectivity index (χ0n) is 24.3. The molecule has 1 amide bonds. The predicted octanol–water partition coefficient (Wildman–Crippen LogP) is 4.87. The monoisotopic (exact) mass is 575 g/mol. The number of amides is 1. The number of aryl methyl sites for hydroxylation is 1. The Hall–Kier alpha value is -5.22. The number of carbonyl (C=O) groups excluding carboxylic acids is 1. The van der Waals surface area contributed by atoms with Gasteiger partial charge in [0.1, 0.15) is 23.3 Å². The summed E-state index contributed by atoms with van der Waals surface area (Å²) in [4.78, 5) is 39.5. The van der Waals surface area contributed by atoms with E-state index in [2.05, 4.69) is 21.9 Å². The van der Waals surface area contributed by atoms with E-state index >= 15 is 0 Å². The number of rotatable bonds is 9. The van der Waals surface area contributed by atoms with Crippen LogP contribution >= 0.6 is 0 Å². The Morgan fingerprint density at radius 3 is 2.53 bits per heavy atom. The van der Waals surface area contributed by atoms with Crippen molar-refractivity contribution in [1.82, 2.24) is 24.0 Å². The maximum Gasteiger partial charge on any atom is 0.339 e. The summed E-state index contributed by atoms with van der Waals surface area (Å²) in [5.41, 5.74) is 9.33. The number of imidazole rings is 1. The van der Waals surface area contributed by atoms with Gasteiger partial charge >= 0.3 is 5.69 Å². The van der Waals surface area contributed by atoms with E-state index in [1.165, 1.54) is 28.3 Å². The summed E-state index contributed by atoms with van der Waals surface area (Å²) in [6, 6.07) is 22.8. The lowest BCUT2D eigenvalue weighted by molar-refractivity contribution is -0.113. The first-order chi connectivity index (χ1) is 20.8. The Bertz CT molecular complexity index is 1890. The Kier molecular flexibility index (Phi) is 7.52. The van der Waals surface area contributed by atoms with Crippen LogP contribution < -0.4 is 21.1 Å². The fraction of sp³-hybridized carbons (Fsp3) is 0.212. The van der Waals surface area contributed by atoms with Crippen molar-refractivity contribution in [3.05, 3.63) is 107 Å². The second-order valence-corrected chi connectivity index (χ2v) is 10.7. The molecule has 1 fully saturated rings. The lowest BCUT2D eigenvalue weighted by atomic mass is 10.2. The number of aromatic nitrogens is 4. The molecule has 2 N–H and O–H groups in total. The Labute approximate surface area is 249 Å². The van der Waals surface area contributed by atoms with E-state index < -0.39 is 0 Å². The Morgan fingerprint density at radius 2 is 1.79 bits per heavy atom. The standard InChI is InChI=1S/C33H33N7O3/c1-22-19-27(43-26-11-5-4-6-12-26)16-17-28(22)40-30-31(34)35-21-36-32(30)39(33(40)42)25-10-7-9-24(20-25)38(3)29(41)13-8-18-37(2)23-14-15-23/h4-13,16-17,19-21,23H,14-15,18H2,1-3H3,(H2,34,35,36)/b13-8+. The lowest BCUT2D eigenvalue weighted by Gasteiger charge is -2.17. The van der Waals surface area contributed by atoms with Crippen LogP contribution in [-0.4, -0.2) is 56.6 Å². The first-order valence-electron chi connectivity index (χ1n) is 14.1. The Morgan fingerprint density at radius 1 is 1.00 bits per heavy atom. The van der Waals surface area contributed by atoms with Crippen molar-refractivity contribution >= 4 is 28.6 Å². The van der Waals surface area contributed by atoms with Gasteiger partial charge in [-0.1, -0.05) is 30.3 Å². The zero-order chi connectivity index (χ0) is 30.1. The molecule has 2 aromatic heterocycles. The van der Waals surface area contributed by atoms with Gasteiger partial charge in [-0.15, -0.1) is 0 Å². The Balaban J connectivity index is 1.35. The van der Waals surface area contributed by atoms with Gasteiger partial charge in [0, 0.05) is 31.4 Å². The van der Waals surface area contributed by atoms with Gasteiger partial charge in [-0.05, 0) is 80.9 Å². The molecule has 6 rings (SSSR count). The molecule has 0 radical (unpaired) electrons. The fourth-order valence-electron chi connectivity index (χ4n) is 5.13. The maximum absolute atomic E-state index is 14.1. The molecule has 1 aliphatic carbocycles. The van der Waals surface area contributed by atoms with Gasteiger partial charge in [0.2, 0.25) is 5.91 Å². The van der Waals surface area contributed by atoms with Gasteiger partial charge in [0.15, 0.2) is 11.5 Å². The number of benzene rings is 3. The molecule has 1 aliphatic rings. The van der Waals surface area contributed by atoms with Crippen molar-refractivity contribution in [2.24, 2.45) is 0 Å². The number of fused-ring (bicyclic) bond motifs is 1. The molecule has 218 valence electrons. The summed E-state index contributed by atoms with van der Waals surface area (Å²) in [5.74, 6) is 1.37. The molecular formula is C33H33N7O3. The van der Waals surface area contributed by atoms with Crippen molar-refractivity contribution < 1.29 is 9.53 Å². The van der Waals surface area contributed by atoms with Gasteiger partial charge in [0.25, 0.3) is 0 Å². The largest absolute Gasteiger partial charge is 0.457 e. The second-order valence-electron chi connectivity index (χ2n) is 10.7. The number of carbonyl (C=O) groups is 1. The molecule has 5 aromatic rings. The number of likely N-dealkylation sites (N-methyl/N-ethyl adjacent to an activating group) is 2. The second kappa shape index (κ2) is 11.6. The van der Waals surface area contributed by atoms with Crippen LogP contribution in [-0.2, 0) is 4.79 Å². The molecule has 2 heterocycles. The summed E-state index contributed by atoms with van der Waals surface area (Å²) in [7, 11) is 3.78. The summed E-state index contributed by atoms with van der Waals surface area (Å²) < 4.78 is 9.00. The number of para-hydroxylation sites is 1. The van der Waals surface area contributed by atoms with Gasteiger partial charge in [-0.2, -0.15) is 0 Å². The number of hydrogen-bond donors (Lipinski definition) is 1. The quantitative estimate of drug-likeness (QED) is 0.250. The van der Waals surface area contributed by atoms with Crippen LogP contribution in [0.1, 0.15) is 18.4 Å². The molecule has 10 heteroatoms. The van der Waals surface area contributed by atoms with E-state index in [4.69, 9.17) is 10.5 Å². The van der Waals surface area contributed by atoms with Crippen LogP contribution in [0.5, 0.6) is 11.5 Å². The molecule has 0 atom stereocenters. The van der Waals surface area contributed by atoms with Gasteiger partial charge < -0.3 is 15.4 Å². The minimum Gasteiger partial charge on any atom is -0.457 e. The molecule has 0 spiro atoms. The molecule has 3 aromatic carbocycles. The number of ether oxygens (including phenoxy) is 1. The number of hydrogen-bond acceptors (Lipinski definition) is 7. The number of nitrogens with zero attached hydrogens (tertiary/aromatic N) is 6. The van der Waals surface area contributed by atoms with Crippen molar-refractivity contribution in [3.63, 3.8) is 0 Å². The third-order valence-electron chi connectivity index (χ3n) is 7.67. The smallest absolute Gasteiger partial charge is 0.339 e. The third kappa shape index (κ3) is 5.64. The highest BCUT2D eigenvalue weighted by atomic mass is 16.5. The van der Waals surface area contributed by atoms with E-state index in [0.717, 1.165) is 12.1 Å². The lowest BCUT2D eigenvalue weighted by Crippen LogP contribution is -2.26. The molecule has 0 bridgehead atoms. The highest BCUT2D eigenvalue weighted by molar-refractivity contribution is 6.01. The number of nitrogens with two attached hydrogens (primary N) is 1. The van der Waals surface area contributed by atoms with Gasteiger partial charge in [-0.25, -0.2) is 19.3 Å². The van der Waals surface area contributed by atoms with E-state index in [-0.39, 0.29) is 17.4 Å². The molecular weight excluding hydrogens is 542 g/mol. The van der Waals surface area contributed by atoms with Crippen molar-refractivity contribution in [2.45, 2.75) is 25.8 Å². The predicted molar refractivity (Wildman–Crippen MR) is 168 cm³/mol. The van der Waals surface area contributed by atoms with Crippen molar-refractivity contribution in [1.29, 1.82) is 0 Å². The van der Waals surface area contributed by atoms with Gasteiger partial charge in [-0.3, -0.25) is 14.3 Å². The highest BCUT2D eigenvalue weighted by Crippen LogP contribution is 2.29. The highest BCUT2D eigenvalue weighted by Gasteiger charge is 2.25. The third-order valence-corrected chi connectivity index (χ3v) is 7.67. The summed E-state index contributed by atoms with van der Waals surface area (Å²) >= 11 is 0. The molecule has 0 aliphatic heterocycles. The van der Waals surface area contributed by atoms with E-state index in [1.807, 2.05) is 67.6 Å². The first-order valence-corrected chi connectivity index (χ1v) is 14.1. The van der Waals surface area contributed by atoms with E-state index in [9.17, 15) is 9.59 Å². The minimum atomic E-state index is -0.365. The maximum atomic E-state index is 14.1. The average Bonchev–Trinajstić information content (AvgIpc) is 3.81. The average molecular weight is 576 g/mol. The van der Waals surface area contributed by atoms with E-state index in [1.54, 1.807) is 36.2 Å². The summed E-state index contributed by atoms with van der Waals surface area (Å²) in [5, 5.41) is 0. The minimum absolute atomic E-state index is 0.156. The fourth-order valence-corrected chi connectivity index (χ4v) is 5.13. The number of nitrogen functional groups attached to an aromatic ring is 1. The van der Waals surface area contributed by atoms with Crippen LogP contribution in [0.4, 0.5) is 11.5 Å². The summed E-state index contributed by atoms with van der Waals surface area (Å²) in [6.07, 6.45) is 7.24. The molecule has 43 heavy (non-hydrogen) atoms. The van der Waals surface area contributed by atoms with Gasteiger partial charge in [0.05, 0.1) is 11.4 Å². The number of anilines is 2. The zero-order valence-corrected chi connectivity index (χ0v) is 24.3. The van der Waals surface area contributed by atoms with Crippen molar-refractivity contribution in [3.8, 4) is 22.9 Å². The molecule has 10 nitrogen and oxygen atoms in total. The first kappa shape index (κ1) is 27.9. The van der Waals surface area contributed by atoms with Crippen LogP contribution in [0.2, 0.25) is 0 Å². The SMILES string of the molecule is Cc1cc(Oc2ccccc2)ccc1-n1c(=O)n(-c2cccc(N(C)C(=O)/C=C/CN(C)C3CC3)c2)c2ncnc(N)c21. The van der Waals surface area contributed by atoms with Crippen LogP contribution in [0.25, 0.3) is 22.5 Å². The summed E-state index contributed by atoms with van der Waals surface area (Å²) in [6.45, 7) is 2.62. The molecule has 0 saturated heterocycles. The molecule has 1 saturated carbocycles. The van der Waals surface area contributed by atoms with Crippen LogP contribution in [0.3, 0.4) is 0 Å². The topological polar surface area (TPSA) is 112 Å². The normalized spacial score (nSPS) is 13.2. The van der Waals surface area contributed by atoms with E-state index in [0.29, 0.717) is 45.8 Å². The van der Waals surface area contributed by atoms with Crippen LogP contribution in [0, 0.1) is 6.92 Å². The van der Waals surface area contributed by atoms with Crippen LogP contribution in [0.15, 0.2) is 96.1 Å². The van der Waals surface area contributed by atoms with Crippen molar-refractivity contribution in [2.75, 3.05) is 31.3 Å².